The third kappa shape index (κ3) is 3.56. The molecule has 1 fully saturated rings. The van der Waals surface area contributed by atoms with Gasteiger partial charge in [0.25, 0.3) is 0 Å². The van der Waals surface area contributed by atoms with Crippen LogP contribution in [0, 0.1) is 0 Å². The van der Waals surface area contributed by atoms with Crippen molar-refractivity contribution in [2.45, 2.75) is 18.9 Å². The Hall–Kier alpha value is -1.37. The molecule has 3 nitrogen and oxygen atoms in total. The summed E-state index contributed by atoms with van der Waals surface area (Å²) in [5.41, 5.74) is -0.766. The van der Waals surface area contributed by atoms with Crippen molar-refractivity contribution in [2.75, 3.05) is 20.3 Å². The molecule has 1 saturated heterocycles. The van der Waals surface area contributed by atoms with E-state index >= 15 is 0 Å². The fraction of sp³-hybridized carbons (Fsp3) is 0.500. The lowest BCUT2D eigenvalue weighted by atomic mass is 9.79. The Morgan fingerprint density at radius 3 is 2.74 bits per heavy atom. The summed E-state index contributed by atoms with van der Waals surface area (Å²) < 4.78 is 54.3. The van der Waals surface area contributed by atoms with Crippen molar-refractivity contribution in [1.29, 1.82) is 0 Å². The van der Waals surface area contributed by atoms with E-state index in [2.05, 4.69) is 0 Å². The molecule has 0 bridgehead atoms. The lowest BCUT2D eigenvalue weighted by Gasteiger charge is -2.21. The highest BCUT2D eigenvalue weighted by Crippen LogP contribution is 2.23. The van der Waals surface area contributed by atoms with Gasteiger partial charge in [0.1, 0.15) is 12.4 Å². The Balaban J connectivity index is 2.13. The number of hydrogen-bond acceptors (Lipinski definition) is 3. The summed E-state index contributed by atoms with van der Waals surface area (Å²) in [5.74, 6) is 0.00228. The van der Waals surface area contributed by atoms with E-state index in [0.717, 1.165) is 18.9 Å². The van der Waals surface area contributed by atoms with Gasteiger partial charge in [-0.25, -0.2) is 0 Å². The van der Waals surface area contributed by atoms with Crippen LogP contribution in [0.1, 0.15) is 12.8 Å². The lowest BCUT2D eigenvalue weighted by molar-refractivity contribution is 0.0682. The predicted octanol–water partition coefficient (Wildman–Crippen LogP) is 2.31. The van der Waals surface area contributed by atoms with E-state index in [1.165, 1.54) is 19.2 Å². The zero-order valence-electron chi connectivity index (χ0n) is 10.6. The maximum atomic E-state index is 13.0. The molecule has 0 aliphatic carbocycles. The molecule has 0 N–H and O–H groups in total. The summed E-state index contributed by atoms with van der Waals surface area (Å²) in [7, 11) is 1.33. The first kappa shape index (κ1) is 14.1. The first-order valence-electron chi connectivity index (χ1n) is 6.13. The Labute approximate surface area is 109 Å². The molecule has 1 aromatic rings. The van der Waals surface area contributed by atoms with E-state index in [9.17, 15) is 12.9 Å². The summed E-state index contributed by atoms with van der Waals surface area (Å²) in [5, 5.41) is 0. The monoisotopic (exact) mass is 275 g/mol. The number of methoxy groups -OCH3 is 1. The van der Waals surface area contributed by atoms with Gasteiger partial charge in [-0.05, 0) is 31.0 Å². The van der Waals surface area contributed by atoms with Crippen LogP contribution in [-0.2, 0) is 4.74 Å². The molecule has 0 saturated carbocycles. The molecule has 1 heterocycles. The summed E-state index contributed by atoms with van der Waals surface area (Å²) in [6.45, 7) is -4.35. The molecule has 1 aromatic carbocycles. The number of ether oxygens (including phenoxy) is 3. The van der Waals surface area contributed by atoms with Crippen molar-refractivity contribution in [1.82, 2.24) is 0 Å². The predicted molar refractivity (Wildman–Crippen MR) is 66.2 cm³/mol. The molecule has 1 atom stereocenters. The minimum absolute atomic E-state index is 0.115. The second-order valence-electron chi connectivity index (χ2n) is 4.42. The average molecular weight is 275 g/mol. The molecule has 1 unspecified atom stereocenters. The fourth-order valence-corrected chi connectivity index (χ4v) is 2.00. The van der Waals surface area contributed by atoms with Gasteiger partial charge in [-0.15, -0.1) is 0 Å². The molecule has 1 aliphatic rings. The molecule has 7 heteroatoms. The number of benzene rings is 1. The van der Waals surface area contributed by atoms with E-state index in [1.807, 2.05) is 0 Å². The van der Waals surface area contributed by atoms with Crippen LogP contribution < -0.4 is 14.9 Å². The van der Waals surface area contributed by atoms with Gasteiger partial charge in [-0.2, -0.15) is 0 Å². The van der Waals surface area contributed by atoms with Crippen LogP contribution in [0.25, 0.3) is 0 Å². The van der Waals surface area contributed by atoms with Crippen LogP contribution in [0.15, 0.2) is 18.2 Å². The molecular formula is C12H15BF3O3-. The summed E-state index contributed by atoms with van der Waals surface area (Å²) in [4.78, 5) is 0. The van der Waals surface area contributed by atoms with Crippen LogP contribution in [0.4, 0.5) is 12.9 Å². The molecule has 0 radical (unpaired) electrons. The van der Waals surface area contributed by atoms with Crippen molar-refractivity contribution in [3.8, 4) is 11.5 Å². The maximum Gasteiger partial charge on any atom is 0.513 e. The third-order valence-electron chi connectivity index (χ3n) is 3.02. The number of hydrogen-bond donors (Lipinski definition) is 0. The van der Waals surface area contributed by atoms with Gasteiger partial charge in [0, 0.05) is 6.61 Å². The Morgan fingerprint density at radius 2 is 2.16 bits per heavy atom. The molecular weight excluding hydrogens is 260 g/mol. The van der Waals surface area contributed by atoms with Gasteiger partial charge in [-0.3, -0.25) is 0 Å². The van der Waals surface area contributed by atoms with Crippen molar-refractivity contribution in [3.63, 3.8) is 0 Å². The minimum atomic E-state index is -5.14. The van der Waals surface area contributed by atoms with E-state index in [1.54, 1.807) is 0 Å². The first-order valence-corrected chi connectivity index (χ1v) is 6.13. The fourth-order valence-electron chi connectivity index (χ4n) is 2.00. The van der Waals surface area contributed by atoms with Crippen molar-refractivity contribution in [3.05, 3.63) is 18.2 Å². The van der Waals surface area contributed by atoms with Crippen molar-refractivity contribution in [2.24, 2.45) is 0 Å². The molecule has 106 valence electrons. The zero-order chi connectivity index (χ0) is 13.9. The van der Waals surface area contributed by atoms with E-state index < -0.39 is 12.4 Å². The van der Waals surface area contributed by atoms with Gasteiger partial charge < -0.3 is 27.2 Å². The molecule has 0 spiro atoms. The normalized spacial score (nSPS) is 19.5. The number of rotatable bonds is 5. The Bertz CT molecular complexity index is 431. The van der Waals surface area contributed by atoms with Crippen LogP contribution in [0.5, 0.6) is 11.5 Å². The highest BCUT2D eigenvalue weighted by molar-refractivity contribution is 6.74. The Kier molecular flexibility index (Phi) is 4.24. The van der Waals surface area contributed by atoms with Gasteiger partial charge in [-0.1, -0.05) is 5.46 Å². The standard InChI is InChI=1S/C12H15BF3O3/c1-17-9-4-5-12(11(7-9)13(14,15)16)19-8-10-3-2-6-18-10/h4-5,7,10H,2-3,6,8H2,1H3/q-1. The van der Waals surface area contributed by atoms with Gasteiger partial charge in [0.15, 0.2) is 0 Å². The third-order valence-corrected chi connectivity index (χ3v) is 3.02. The average Bonchev–Trinajstić information content (AvgIpc) is 2.88. The van der Waals surface area contributed by atoms with Crippen LogP contribution >= 0.6 is 0 Å². The molecule has 1 aliphatic heterocycles. The highest BCUT2D eigenvalue weighted by Gasteiger charge is 2.30. The quantitative estimate of drug-likeness (QED) is 0.772. The molecule has 0 aromatic heterocycles. The summed E-state index contributed by atoms with van der Waals surface area (Å²) in [6.07, 6.45) is 1.63. The SMILES string of the molecule is COc1ccc(OCC2CCCO2)c([B-](F)(F)F)c1. The van der Waals surface area contributed by atoms with E-state index in [-0.39, 0.29) is 24.2 Å². The van der Waals surface area contributed by atoms with Gasteiger partial charge in [0.05, 0.1) is 19.0 Å². The number of halogens is 3. The van der Waals surface area contributed by atoms with Crippen molar-refractivity contribution < 1.29 is 27.2 Å². The van der Waals surface area contributed by atoms with E-state index in [0.29, 0.717) is 6.61 Å². The maximum absolute atomic E-state index is 13.0. The first-order chi connectivity index (χ1) is 9.00. The van der Waals surface area contributed by atoms with Gasteiger partial charge >= 0.3 is 6.98 Å². The largest absolute Gasteiger partial charge is 0.513 e. The molecule has 0 amide bonds. The van der Waals surface area contributed by atoms with Gasteiger partial charge in [0.2, 0.25) is 0 Å². The van der Waals surface area contributed by atoms with Crippen LogP contribution in [0.2, 0.25) is 0 Å². The molecule has 2 rings (SSSR count). The zero-order valence-corrected chi connectivity index (χ0v) is 10.6. The van der Waals surface area contributed by atoms with Crippen LogP contribution in [-0.4, -0.2) is 33.4 Å². The summed E-state index contributed by atoms with van der Waals surface area (Å²) in [6, 6.07) is 3.71. The minimum Gasteiger partial charge on any atom is -0.497 e. The Morgan fingerprint density at radius 1 is 1.37 bits per heavy atom. The van der Waals surface area contributed by atoms with Crippen molar-refractivity contribution >= 4 is 12.4 Å². The summed E-state index contributed by atoms with van der Waals surface area (Å²) >= 11 is 0. The van der Waals surface area contributed by atoms with Crippen LogP contribution in [0.3, 0.4) is 0 Å². The second-order valence-corrected chi connectivity index (χ2v) is 4.42. The second kappa shape index (κ2) is 5.73. The lowest BCUT2D eigenvalue weighted by Crippen LogP contribution is -2.36. The topological polar surface area (TPSA) is 27.7 Å². The highest BCUT2D eigenvalue weighted by atomic mass is 19.4. The smallest absolute Gasteiger partial charge is 0.497 e. The van der Waals surface area contributed by atoms with E-state index in [4.69, 9.17) is 14.2 Å². The molecule has 19 heavy (non-hydrogen) atoms.